The lowest BCUT2D eigenvalue weighted by Gasteiger charge is -2.25. The summed E-state index contributed by atoms with van der Waals surface area (Å²) >= 11 is 6.85. The second-order valence-electron chi connectivity index (χ2n) is 15.8. The van der Waals surface area contributed by atoms with Gasteiger partial charge in [-0.15, -0.1) is 0 Å². The average Bonchev–Trinajstić information content (AvgIpc) is 4.09. The molecule has 0 radical (unpaired) electrons. The first-order chi connectivity index (χ1) is 30.4. The van der Waals surface area contributed by atoms with Gasteiger partial charge in [-0.1, -0.05) is 7.43 Å². The van der Waals surface area contributed by atoms with Crippen molar-refractivity contribution < 1.29 is 38.6 Å². The maximum absolute atomic E-state index is 10.6. The molecule has 64 heavy (non-hydrogen) atoms. The van der Waals surface area contributed by atoms with E-state index in [-0.39, 0.29) is 32.3 Å². The molecule has 1 unspecified atom stereocenters. The van der Waals surface area contributed by atoms with Gasteiger partial charge in [0.25, 0.3) is 0 Å². The molecule has 0 spiro atoms. The molecule has 3 aliphatic heterocycles. The number of nitrogens with two attached hydrogens (primary N) is 2. The molecule has 8 aromatic rings. The highest BCUT2D eigenvalue weighted by Crippen LogP contribution is 2.44. The van der Waals surface area contributed by atoms with Crippen LogP contribution in [0.1, 0.15) is 33.7 Å². The second-order valence-corrected chi connectivity index (χ2v) is 17.6. The van der Waals surface area contributed by atoms with Gasteiger partial charge in [0.2, 0.25) is 0 Å². The Balaban J connectivity index is 0.000000160. The summed E-state index contributed by atoms with van der Waals surface area (Å²) in [5, 5.41) is 24.5. The van der Waals surface area contributed by atoms with Crippen molar-refractivity contribution in [1.82, 2.24) is 39.0 Å². The van der Waals surface area contributed by atoms with Crippen molar-refractivity contribution in [1.29, 1.82) is 0 Å². The fourth-order valence-electron chi connectivity index (χ4n) is 8.19. The summed E-state index contributed by atoms with van der Waals surface area (Å²) in [6.07, 6.45) is 4.65. The van der Waals surface area contributed by atoms with Crippen LogP contribution in [0.25, 0.3) is 43.9 Å². The molecule has 9 heterocycles. The highest BCUT2D eigenvalue weighted by Gasteiger charge is 2.56. The maximum Gasteiger partial charge on any atom is 0.164 e. The zero-order chi connectivity index (χ0) is 43.6. The molecule has 6 aromatic heterocycles. The van der Waals surface area contributed by atoms with Crippen LogP contribution in [0, 0.1) is 0 Å². The molecule has 0 amide bonds. The Hall–Kier alpha value is -5.58. The summed E-state index contributed by atoms with van der Waals surface area (Å²) < 4.78 is 42.1. The molecule has 8 atom stereocenters. The molecule has 11 rings (SSSR count). The number of anilines is 2. The Morgan fingerprint density at radius 1 is 0.641 bits per heavy atom. The number of aliphatic hydroxyl groups excluding tert-OH is 2. The SMILES string of the molecule is C.CC1(C)O[C@@H]2[C@H](O1)[C@@H](COc1ccc3cc(Br)cnc3c1)O[C@H]2n1ccc2c(N)ncnc21.Nc1ncnc2c1ccn2[C@@H]1O[C@H](COc2ccc3cc(Br)cnc3c2)[C@@H](O)C1O. The van der Waals surface area contributed by atoms with Crippen molar-refractivity contribution in [3.05, 3.63) is 107 Å². The second kappa shape index (κ2) is 17.4. The van der Waals surface area contributed by atoms with E-state index >= 15 is 0 Å². The van der Waals surface area contributed by atoms with E-state index in [9.17, 15) is 10.2 Å². The van der Waals surface area contributed by atoms with E-state index in [1.807, 2.05) is 79.2 Å². The molecule has 6 N–H and O–H groups in total. The molecule has 18 nitrogen and oxygen atoms in total. The quantitative estimate of drug-likeness (QED) is 0.128. The van der Waals surface area contributed by atoms with Crippen LogP contribution in [0.3, 0.4) is 0 Å². The third kappa shape index (κ3) is 8.31. The number of rotatable bonds is 8. The molecule has 3 saturated heterocycles. The highest BCUT2D eigenvalue weighted by atomic mass is 79.9. The molecule has 20 heteroatoms. The normalized spacial score (nSPS) is 24.7. The molecular formula is C44H44Br2N10O8. The average molecular weight is 1000 g/mol. The number of fused-ring (bicyclic) bond motifs is 5. The van der Waals surface area contributed by atoms with Gasteiger partial charge < -0.3 is 59.2 Å². The van der Waals surface area contributed by atoms with Crippen LogP contribution in [-0.2, 0) is 18.9 Å². The molecule has 0 saturated carbocycles. The lowest BCUT2D eigenvalue weighted by Crippen LogP contribution is -2.34. The minimum Gasteiger partial charge on any atom is -0.491 e. The van der Waals surface area contributed by atoms with Crippen LogP contribution < -0.4 is 20.9 Å². The lowest BCUT2D eigenvalue weighted by molar-refractivity contribution is -0.198. The van der Waals surface area contributed by atoms with Crippen molar-refractivity contribution >= 4 is 87.4 Å². The number of pyridine rings is 2. The predicted octanol–water partition coefficient (Wildman–Crippen LogP) is 6.48. The number of aromatic nitrogens is 8. The number of benzene rings is 2. The topological polar surface area (TPSA) is 235 Å². The van der Waals surface area contributed by atoms with E-state index in [1.54, 1.807) is 29.2 Å². The van der Waals surface area contributed by atoms with Gasteiger partial charge >= 0.3 is 0 Å². The molecule has 2 aromatic carbocycles. The standard InChI is InChI=1S/C23H22BrN5O4.C20H18BrN5O4.CH4/c1-23(2)32-18-17(10-30-14-4-3-12-7-13(24)9-26-16(12)8-14)31-22(19(18)33-23)29-6-5-15-20(25)27-11-28-21(15)29;21-11-5-10-1-2-12(6-14(10)23-7-11)29-8-15-16(27)17(28)20(30-15)26-4-3-13-18(22)24-9-25-19(13)26;/h3-9,11,17-19,22H,10H2,1-2H3,(H2,25,27,28);1-7,9,15-17,20,27-28H,8H2,(H2,22,24,25);1H4/t17-,18-,19-,22-;15-,16-,17?,20-;/m11./s1. The van der Waals surface area contributed by atoms with Crippen LogP contribution in [0.5, 0.6) is 11.5 Å². The summed E-state index contributed by atoms with van der Waals surface area (Å²) in [6, 6.07) is 19.0. The lowest BCUT2D eigenvalue weighted by atomic mass is 10.1. The highest BCUT2D eigenvalue weighted by molar-refractivity contribution is 9.10. The number of aliphatic hydroxyl groups is 2. The Morgan fingerprint density at radius 3 is 1.70 bits per heavy atom. The summed E-state index contributed by atoms with van der Waals surface area (Å²) in [7, 11) is 0. The Morgan fingerprint density at radius 2 is 1.14 bits per heavy atom. The number of nitrogens with zero attached hydrogens (tertiary/aromatic N) is 8. The van der Waals surface area contributed by atoms with E-state index in [1.165, 1.54) is 12.7 Å². The minimum absolute atomic E-state index is 0. The monoisotopic (exact) mass is 998 g/mol. The van der Waals surface area contributed by atoms with Gasteiger partial charge in [0.1, 0.15) is 96.9 Å². The molecule has 0 aliphatic carbocycles. The first kappa shape index (κ1) is 43.7. The van der Waals surface area contributed by atoms with Gasteiger partial charge in [-0.2, -0.15) is 0 Å². The summed E-state index contributed by atoms with van der Waals surface area (Å²) in [4.78, 5) is 25.5. The van der Waals surface area contributed by atoms with E-state index in [0.717, 1.165) is 36.1 Å². The number of hydrogen-bond donors (Lipinski definition) is 4. The third-order valence-electron chi connectivity index (χ3n) is 11.2. The maximum atomic E-state index is 10.6. The Kier molecular flexibility index (Phi) is 11.9. The summed E-state index contributed by atoms with van der Waals surface area (Å²) in [5.74, 6) is 1.34. The predicted molar refractivity (Wildman–Crippen MR) is 244 cm³/mol. The summed E-state index contributed by atoms with van der Waals surface area (Å²) in [6.45, 7) is 4.17. The minimum atomic E-state index is -1.15. The Labute approximate surface area is 382 Å². The van der Waals surface area contributed by atoms with E-state index in [4.69, 9.17) is 39.9 Å². The van der Waals surface area contributed by atoms with Crippen molar-refractivity contribution in [2.24, 2.45) is 0 Å². The van der Waals surface area contributed by atoms with Crippen molar-refractivity contribution in [2.45, 2.75) is 76.1 Å². The number of nitrogen functional groups attached to an aromatic ring is 2. The van der Waals surface area contributed by atoms with Gasteiger partial charge in [-0.05, 0) is 94.2 Å². The van der Waals surface area contributed by atoms with E-state index in [2.05, 4.69) is 61.8 Å². The zero-order valence-electron chi connectivity index (χ0n) is 33.6. The zero-order valence-corrected chi connectivity index (χ0v) is 36.8. The van der Waals surface area contributed by atoms with Crippen molar-refractivity contribution in [3.63, 3.8) is 0 Å². The number of ether oxygens (including phenoxy) is 6. The largest absolute Gasteiger partial charge is 0.491 e. The van der Waals surface area contributed by atoms with Crippen LogP contribution in [-0.4, -0.2) is 105 Å². The molecule has 0 bridgehead atoms. The molecule has 3 fully saturated rings. The van der Waals surface area contributed by atoms with E-state index in [0.29, 0.717) is 46.4 Å². The molecular weight excluding hydrogens is 956 g/mol. The first-order valence-electron chi connectivity index (χ1n) is 19.9. The summed E-state index contributed by atoms with van der Waals surface area (Å²) in [5.41, 5.74) is 14.7. The fraction of sp³-hybridized carbons (Fsp3) is 0.318. The van der Waals surface area contributed by atoms with Gasteiger partial charge in [0.15, 0.2) is 18.2 Å². The fourth-order valence-corrected chi connectivity index (χ4v) is 8.89. The Bertz CT molecular complexity index is 2990. The van der Waals surface area contributed by atoms with Crippen LogP contribution in [0.2, 0.25) is 0 Å². The van der Waals surface area contributed by atoms with Crippen molar-refractivity contribution in [3.8, 4) is 11.5 Å². The van der Waals surface area contributed by atoms with E-state index < -0.39 is 36.6 Å². The molecule has 332 valence electrons. The first-order valence-corrected chi connectivity index (χ1v) is 21.5. The van der Waals surface area contributed by atoms with Crippen LogP contribution in [0.15, 0.2) is 107 Å². The molecule has 3 aliphatic rings. The van der Waals surface area contributed by atoms with Gasteiger partial charge in [0, 0.05) is 56.6 Å². The number of halogens is 2. The van der Waals surface area contributed by atoms with Gasteiger partial charge in [-0.3, -0.25) is 9.97 Å². The van der Waals surface area contributed by atoms with Gasteiger partial charge in [-0.25, -0.2) is 19.9 Å². The smallest absolute Gasteiger partial charge is 0.164 e. The van der Waals surface area contributed by atoms with Crippen LogP contribution >= 0.6 is 31.9 Å². The third-order valence-corrected chi connectivity index (χ3v) is 12.0. The van der Waals surface area contributed by atoms with Crippen molar-refractivity contribution in [2.75, 3.05) is 24.7 Å². The van der Waals surface area contributed by atoms with Gasteiger partial charge in [0.05, 0.1) is 21.8 Å². The number of hydrogen-bond acceptors (Lipinski definition) is 16. The van der Waals surface area contributed by atoms with Crippen LogP contribution in [0.4, 0.5) is 11.6 Å².